The van der Waals surface area contributed by atoms with Gasteiger partial charge >= 0.3 is 6.09 Å². The van der Waals surface area contributed by atoms with Crippen molar-refractivity contribution in [2.24, 2.45) is 11.8 Å². The first-order valence-electron chi connectivity index (χ1n) is 9.18. The quantitative estimate of drug-likeness (QED) is 0.788. The van der Waals surface area contributed by atoms with Gasteiger partial charge in [-0.25, -0.2) is 4.79 Å². The van der Waals surface area contributed by atoms with Crippen LogP contribution in [0.1, 0.15) is 53.9 Å². The van der Waals surface area contributed by atoms with Crippen LogP contribution in [0.4, 0.5) is 4.79 Å². The summed E-state index contributed by atoms with van der Waals surface area (Å²) in [6.45, 7) is 14.5. The van der Waals surface area contributed by atoms with Gasteiger partial charge in [-0.2, -0.15) is 0 Å². The number of hydrogen-bond acceptors (Lipinski definition) is 4. The Bertz CT molecular complexity index is 384. The largest absolute Gasteiger partial charge is 0.444 e. The van der Waals surface area contributed by atoms with Crippen molar-refractivity contribution in [3.63, 3.8) is 0 Å². The normalized spacial score (nSPS) is 28.7. The predicted octanol–water partition coefficient (Wildman–Crippen LogP) is 2.61. The SMILES string of the molecule is CC(C)CC(CNC(=O)OC(C)(C)C)NC1CN2CCC1CC2. The summed E-state index contributed by atoms with van der Waals surface area (Å²) in [6, 6.07) is 0.884. The van der Waals surface area contributed by atoms with E-state index in [0.29, 0.717) is 24.5 Å². The Kier molecular flexibility index (Phi) is 6.32. The van der Waals surface area contributed by atoms with E-state index in [0.717, 1.165) is 18.9 Å². The molecule has 2 atom stereocenters. The van der Waals surface area contributed by atoms with Gasteiger partial charge in [-0.3, -0.25) is 0 Å². The first kappa shape index (κ1) is 18.5. The molecular weight excluding hydrogens is 290 g/mol. The van der Waals surface area contributed by atoms with E-state index >= 15 is 0 Å². The van der Waals surface area contributed by atoms with Crippen molar-refractivity contribution < 1.29 is 9.53 Å². The molecule has 3 aliphatic heterocycles. The van der Waals surface area contributed by atoms with E-state index in [9.17, 15) is 4.79 Å². The molecule has 0 aromatic heterocycles. The lowest BCUT2D eigenvalue weighted by molar-refractivity contribution is 0.0496. The molecule has 3 heterocycles. The van der Waals surface area contributed by atoms with Crippen LogP contribution in [-0.2, 0) is 4.74 Å². The van der Waals surface area contributed by atoms with Crippen LogP contribution in [0.2, 0.25) is 0 Å². The highest BCUT2D eigenvalue weighted by Crippen LogP contribution is 2.28. The molecule has 5 heteroatoms. The van der Waals surface area contributed by atoms with Gasteiger partial charge in [0, 0.05) is 25.2 Å². The van der Waals surface area contributed by atoms with Crippen molar-refractivity contribution in [1.29, 1.82) is 0 Å². The third-order valence-electron chi connectivity index (χ3n) is 4.75. The van der Waals surface area contributed by atoms with Crippen molar-refractivity contribution >= 4 is 6.09 Å². The first-order valence-corrected chi connectivity index (χ1v) is 9.18. The first-order chi connectivity index (χ1) is 10.7. The Morgan fingerprint density at radius 3 is 2.39 bits per heavy atom. The predicted molar refractivity (Wildman–Crippen MR) is 93.6 cm³/mol. The van der Waals surface area contributed by atoms with Gasteiger partial charge in [0.15, 0.2) is 0 Å². The molecule has 1 amide bonds. The number of ether oxygens (including phenoxy) is 1. The van der Waals surface area contributed by atoms with Crippen LogP contribution in [0.15, 0.2) is 0 Å². The van der Waals surface area contributed by atoms with E-state index in [4.69, 9.17) is 4.74 Å². The molecule has 3 saturated heterocycles. The van der Waals surface area contributed by atoms with E-state index < -0.39 is 5.60 Å². The Labute approximate surface area is 141 Å². The highest BCUT2D eigenvalue weighted by molar-refractivity contribution is 5.67. The number of alkyl carbamates (subject to hydrolysis) is 1. The van der Waals surface area contributed by atoms with Gasteiger partial charge in [-0.15, -0.1) is 0 Å². The zero-order valence-electron chi connectivity index (χ0n) is 15.5. The maximum absolute atomic E-state index is 11.9. The highest BCUT2D eigenvalue weighted by Gasteiger charge is 2.35. The molecule has 3 aliphatic rings. The molecular formula is C18H35N3O2. The van der Waals surface area contributed by atoms with Crippen LogP contribution < -0.4 is 10.6 Å². The van der Waals surface area contributed by atoms with Crippen LogP contribution in [0, 0.1) is 11.8 Å². The second kappa shape index (κ2) is 7.84. The number of carbonyl (C=O) groups excluding carboxylic acids is 1. The molecule has 0 aromatic rings. The minimum absolute atomic E-state index is 0.313. The van der Waals surface area contributed by atoms with Gasteiger partial charge in [-0.05, 0) is 65.0 Å². The van der Waals surface area contributed by atoms with Crippen LogP contribution in [0.5, 0.6) is 0 Å². The minimum atomic E-state index is -0.444. The molecule has 5 nitrogen and oxygen atoms in total. The summed E-state index contributed by atoms with van der Waals surface area (Å²) in [5, 5.41) is 6.77. The number of rotatable bonds is 6. The Morgan fingerprint density at radius 2 is 1.91 bits per heavy atom. The second-order valence-corrected chi connectivity index (χ2v) is 8.62. The van der Waals surface area contributed by atoms with Crippen molar-refractivity contribution in [3.05, 3.63) is 0 Å². The summed E-state index contributed by atoms with van der Waals surface area (Å²) < 4.78 is 5.35. The topological polar surface area (TPSA) is 53.6 Å². The Morgan fingerprint density at radius 1 is 1.26 bits per heavy atom. The molecule has 0 spiro atoms. The zero-order chi connectivity index (χ0) is 17.0. The molecule has 3 rings (SSSR count). The van der Waals surface area contributed by atoms with E-state index in [1.54, 1.807) is 0 Å². The van der Waals surface area contributed by atoms with Crippen LogP contribution >= 0.6 is 0 Å². The standard InChI is InChI=1S/C18H35N3O2/c1-13(2)10-15(11-19-17(22)23-18(3,4)5)20-16-12-21-8-6-14(16)7-9-21/h13-16,20H,6-12H2,1-5H3,(H,19,22). The lowest BCUT2D eigenvalue weighted by Gasteiger charge is -2.46. The van der Waals surface area contributed by atoms with Gasteiger partial charge in [-0.1, -0.05) is 13.8 Å². The maximum Gasteiger partial charge on any atom is 0.407 e. The zero-order valence-corrected chi connectivity index (χ0v) is 15.5. The van der Waals surface area contributed by atoms with E-state index in [-0.39, 0.29) is 6.09 Å². The number of nitrogens with zero attached hydrogens (tertiary/aromatic N) is 1. The van der Waals surface area contributed by atoms with Crippen molar-refractivity contribution in [2.45, 2.75) is 71.6 Å². The molecule has 134 valence electrons. The fourth-order valence-corrected chi connectivity index (χ4v) is 3.76. The number of piperidine rings is 3. The Hall–Kier alpha value is -0.810. The summed E-state index contributed by atoms with van der Waals surface area (Å²) in [7, 11) is 0. The highest BCUT2D eigenvalue weighted by atomic mass is 16.6. The molecule has 2 N–H and O–H groups in total. The lowest BCUT2D eigenvalue weighted by Crippen LogP contribution is -2.59. The number of fused-ring (bicyclic) bond motifs is 3. The summed E-state index contributed by atoms with van der Waals surface area (Å²) in [6.07, 6.45) is 3.37. The summed E-state index contributed by atoms with van der Waals surface area (Å²) >= 11 is 0. The van der Waals surface area contributed by atoms with Gasteiger partial charge in [0.05, 0.1) is 0 Å². The van der Waals surface area contributed by atoms with Crippen LogP contribution in [-0.4, -0.2) is 54.9 Å². The molecule has 23 heavy (non-hydrogen) atoms. The van der Waals surface area contributed by atoms with Crippen LogP contribution in [0.3, 0.4) is 0 Å². The minimum Gasteiger partial charge on any atom is -0.444 e. The van der Waals surface area contributed by atoms with E-state index in [1.807, 2.05) is 20.8 Å². The van der Waals surface area contributed by atoms with E-state index in [1.165, 1.54) is 25.9 Å². The van der Waals surface area contributed by atoms with Gasteiger partial charge < -0.3 is 20.3 Å². The molecule has 2 bridgehead atoms. The fourth-order valence-electron chi connectivity index (χ4n) is 3.76. The molecule has 0 radical (unpaired) electrons. The van der Waals surface area contributed by atoms with Crippen molar-refractivity contribution in [2.75, 3.05) is 26.2 Å². The molecule has 0 aromatic carbocycles. The number of nitrogens with one attached hydrogen (secondary N) is 2. The van der Waals surface area contributed by atoms with Crippen LogP contribution in [0.25, 0.3) is 0 Å². The average molecular weight is 325 g/mol. The average Bonchev–Trinajstić information content (AvgIpc) is 2.44. The summed E-state index contributed by atoms with van der Waals surface area (Å²) in [5.41, 5.74) is -0.444. The van der Waals surface area contributed by atoms with Crippen molar-refractivity contribution in [3.8, 4) is 0 Å². The number of hydrogen-bond donors (Lipinski definition) is 2. The Balaban J connectivity index is 1.83. The third-order valence-corrected chi connectivity index (χ3v) is 4.75. The van der Waals surface area contributed by atoms with Crippen molar-refractivity contribution in [1.82, 2.24) is 15.5 Å². The molecule has 0 aliphatic carbocycles. The maximum atomic E-state index is 11.9. The number of amides is 1. The third kappa shape index (κ3) is 6.30. The van der Waals surface area contributed by atoms with Gasteiger partial charge in [0.2, 0.25) is 0 Å². The van der Waals surface area contributed by atoms with Gasteiger partial charge in [0.25, 0.3) is 0 Å². The monoisotopic (exact) mass is 325 g/mol. The fraction of sp³-hybridized carbons (Fsp3) is 0.944. The smallest absolute Gasteiger partial charge is 0.407 e. The summed E-state index contributed by atoms with van der Waals surface area (Å²) in [4.78, 5) is 14.5. The molecule has 3 fully saturated rings. The number of carbonyl (C=O) groups is 1. The van der Waals surface area contributed by atoms with E-state index in [2.05, 4.69) is 29.4 Å². The van der Waals surface area contributed by atoms with Gasteiger partial charge in [0.1, 0.15) is 5.60 Å². The molecule has 2 unspecified atom stereocenters. The summed E-state index contributed by atoms with van der Waals surface area (Å²) in [5.74, 6) is 1.41. The lowest BCUT2D eigenvalue weighted by atomic mass is 9.83. The second-order valence-electron chi connectivity index (χ2n) is 8.62. The molecule has 0 saturated carbocycles.